The Morgan fingerprint density at radius 2 is 1.43 bits per heavy atom. The molecule has 0 bridgehead atoms. The van der Waals surface area contributed by atoms with Crippen LogP contribution in [0.3, 0.4) is 0 Å². The molecule has 1 amide bonds. The number of aliphatic hydroxyl groups excluding tert-OH is 2. The number of amides is 1. The minimum atomic E-state index is -1.18. The van der Waals surface area contributed by atoms with Crippen molar-refractivity contribution >= 4 is 11.9 Å². The summed E-state index contributed by atoms with van der Waals surface area (Å²) in [5, 5.41) is 32.9. The number of carboxylic acid groups (broad SMARTS) is 1. The summed E-state index contributed by atoms with van der Waals surface area (Å²) in [5.41, 5.74) is 5.21. The maximum Gasteiger partial charge on any atom is 0.305 e. The molecule has 0 radical (unpaired) electrons. The highest BCUT2D eigenvalue weighted by molar-refractivity contribution is 6.05. The molecule has 3 aromatic carbocycles. The number of hydrogen-bond donors (Lipinski definition) is 4. The minimum Gasteiger partial charge on any atom is -0.481 e. The molecule has 0 aliphatic rings. The van der Waals surface area contributed by atoms with Gasteiger partial charge in [0.25, 0.3) is 5.91 Å². The first-order chi connectivity index (χ1) is 20.2. The molecular formula is C34H37FN2O5. The molecule has 1 heterocycles. The van der Waals surface area contributed by atoms with E-state index in [-0.39, 0.29) is 30.6 Å². The van der Waals surface area contributed by atoms with Gasteiger partial charge in [-0.05, 0) is 61.9 Å². The molecule has 0 saturated carbocycles. The third-order valence-corrected chi connectivity index (χ3v) is 7.20. The molecular weight excluding hydrogens is 535 g/mol. The predicted octanol–water partition coefficient (Wildman–Crippen LogP) is 5.99. The highest BCUT2D eigenvalue weighted by Crippen LogP contribution is 2.42. The topological polar surface area (TPSA) is 112 Å². The predicted molar refractivity (Wildman–Crippen MR) is 160 cm³/mol. The highest BCUT2D eigenvalue weighted by atomic mass is 19.1. The number of carbonyl (C=O) groups excluding carboxylic acids is 1. The summed E-state index contributed by atoms with van der Waals surface area (Å²) in [7, 11) is 0. The van der Waals surface area contributed by atoms with Crippen LogP contribution in [0.4, 0.5) is 4.39 Å². The van der Waals surface area contributed by atoms with Crippen molar-refractivity contribution in [2.45, 2.75) is 64.3 Å². The molecule has 2 atom stereocenters. The van der Waals surface area contributed by atoms with E-state index in [1.54, 1.807) is 12.1 Å². The highest BCUT2D eigenvalue weighted by Gasteiger charge is 2.30. The molecule has 0 fully saturated rings. The largest absolute Gasteiger partial charge is 0.481 e. The quantitative estimate of drug-likeness (QED) is 0.157. The van der Waals surface area contributed by atoms with Gasteiger partial charge in [-0.15, -0.1) is 0 Å². The number of nitrogens with one attached hydrogen (secondary N) is 1. The van der Waals surface area contributed by atoms with Crippen LogP contribution < -0.4 is 5.32 Å². The van der Waals surface area contributed by atoms with E-state index in [1.807, 2.05) is 79.1 Å². The van der Waals surface area contributed by atoms with Gasteiger partial charge in [0.2, 0.25) is 0 Å². The molecule has 4 N–H and O–H groups in total. The van der Waals surface area contributed by atoms with Gasteiger partial charge in [0.1, 0.15) is 11.5 Å². The van der Waals surface area contributed by atoms with E-state index in [0.717, 1.165) is 27.9 Å². The van der Waals surface area contributed by atoms with E-state index in [4.69, 9.17) is 5.11 Å². The van der Waals surface area contributed by atoms with E-state index >= 15 is 0 Å². The molecule has 4 rings (SSSR count). The number of benzene rings is 3. The van der Waals surface area contributed by atoms with Gasteiger partial charge >= 0.3 is 5.97 Å². The third kappa shape index (κ3) is 7.51. The van der Waals surface area contributed by atoms with Gasteiger partial charge in [-0.1, -0.05) is 72.8 Å². The molecule has 0 saturated heterocycles. The molecule has 8 heteroatoms. The smallest absolute Gasteiger partial charge is 0.305 e. The van der Waals surface area contributed by atoms with E-state index in [2.05, 4.69) is 5.32 Å². The number of nitrogens with zero attached hydrogens (tertiary/aromatic N) is 1. The molecule has 0 aliphatic carbocycles. The lowest BCUT2D eigenvalue weighted by Crippen LogP contribution is -2.27. The summed E-state index contributed by atoms with van der Waals surface area (Å²) in [6.07, 6.45) is -2.13. The zero-order valence-electron chi connectivity index (χ0n) is 23.8. The van der Waals surface area contributed by atoms with Crippen LogP contribution >= 0.6 is 0 Å². The van der Waals surface area contributed by atoms with Crippen LogP contribution in [0.2, 0.25) is 0 Å². The Kier molecular flexibility index (Phi) is 10.3. The second-order valence-electron chi connectivity index (χ2n) is 10.7. The first kappa shape index (κ1) is 30.7. The van der Waals surface area contributed by atoms with Crippen molar-refractivity contribution in [3.63, 3.8) is 0 Å². The molecule has 220 valence electrons. The number of rotatable bonds is 13. The number of carbonyl (C=O) groups is 2. The Labute approximate surface area is 245 Å². The summed E-state index contributed by atoms with van der Waals surface area (Å²) in [6.45, 7) is 4.29. The number of aliphatic carboxylic acids is 1. The minimum absolute atomic E-state index is 0.0868. The Bertz CT molecular complexity index is 1480. The van der Waals surface area contributed by atoms with Crippen LogP contribution in [0.5, 0.6) is 0 Å². The van der Waals surface area contributed by atoms with Gasteiger partial charge in [-0.2, -0.15) is 0 Å². The SMILES string of the molecule is CC(C)n1c(CC[C@@H](O)C[C@@H](O)CC(=O)O)c(-c2ccc(F)cc2)c(-c2ccccc2)c1C(=O)NCc1ccccc1. The van der Waals surface area contributed by atoms with Gasteiger partial charge in [-0.3, -0.25) is 9.59 Å². The van der Waals surface area contributed by atoms with Crippen LogP contribution in [-0.4, -0.2) is 44.0 Å². The van der Waals surface area contributed by atoms with E-state index < -0.39 is 24.6 Å². The summed E-state index contributed by atoms with van der Waals surface area (Å²) in [4.78, 5) is 25.0. The first-order valence-corrected chi connectivity index (χ1v) is 14.1. The van der Waals surface area contributed by atoms with Crippen LogP contribution in [-0.2, 0) is 17.8 Å². The Morgan fingerprint density at radius 1 is 0.833 bits per heavy atom. The van der Waals surface area contributed by atoms with Gasteiger partial charge in [-0.25, -0.2) is 4.39 Å². The zero-order valence-corrected chi connectivity index (χ0v) is 23.8. The maximum absolute atomic E-state index is 14.0. The lowest BCUT2D eigenvalue weighted by molar-refractivity contribution is -0.139. The number of aliphatic hydroxyl groups is 2. The van der Waals surface area contributed by atoms with E-state index in [1.165, 1.54) is 12.1 Å². The fourth-order valence-corrected chi connectivity index (χ4v) is 5.37. The van der Waals surface area contributed by atoms with Gasteiger partial charge in [0, 0.05) is 29.4 Å². The lowest BCUT2D eigenvalue weighted by Gasteiger charge is -2.20. The first-order valence-electron chi connectivity index (χ1n) is 14.1. The van der Waals surface area contributed by atoms with Crippen molar-refractivity contribution in [3.8, 4) is 22.3 Å². The summed E-state index contributed by atoms with van der Waals surface area (Å²) in [6, 6.07) is 25.2. The van der Waals surface area contributed by atoms with Crippen molar-refractivity contribution in [3.05, 3.63) is 108 Å². The molecule has 1 aromatic heterocycles. The second-order valence-corrected chi connectivity index (χ2v) is 10.7. The van der Waals surface area contributed by atoms with Gasteiger partial charge < -0.3 is 25.2 Å². The van der Waals surface area contributed by atoms with Crippen LogP contribution in [0.25, 0.3) is 22.3 Å². The van der Waals surface area contributed by atoms with Crippen LogP contribution in [0.1, 0.15) is 60.9 Å². The van der Waals surface area contributed by atoms with Gasteiger partial charge in [0.05, 0.1) is 18.6 Å². The maximum atomic E-state index is 14.0. The average molecular weight is 573 g/mol. The number of halogens is 1. The third-order valence-electron chi connectivity index (χ3n) is 7.20. The molecule has 0 aliphatic heterocycles. The molecule has 42 heavy (non-hydrogen) atoms. The van der Waals surface area contributed by atoms with Crippen molar-refractivity contribution < 1.29 is 29.3 Å². The van der Waals surface area contributed by atoms with Crippen molar-refractivity contribution in [1.29, 1.82) is 0 Å². The lowest BCUT2D eigenvalue weighted by atomic mass is 9.92. The van der Waals surface area contributed by atoms with Gasteiger partial charge in [0.15, 0.2) is 0 Å². The Hall–Kier alpha value is -4.27. The average Bonchev–Trinajstić information content (AvgIpc) is 3.31. The van der Waals surface area contributed by atoms with Crippen molar-refractivity contribution in [2.24, 2.45) is 0 Å². The standard InChI is InChI=1S/C34H37FN2O5/c1-22(2)37-29(18-17-27(38)19-28(39)20-30(40)41)31(25-13-15-26(35)16-14-25)32(24-11-7-4-8-12-24)33(37)34(42)36-21-23-9-5-3-6-10-23/h3-16,22,27-28,38-39H,17-21H2,1-2H3,(H,36,42)(H,40,41)/t27-,28-/m1/s1. The molecule has 0 spiro atoms. The fraction of sp³-hybridized carbons (Fsp3) is 0.294. The molecule has 7 nitrogen and oxygen atoms in total. The van der Waals surface area contributed by atoms with Crippen LogP contribution in [0.15, 0.2) is 84.9 Å². The van der Waals surface area contributed by atoms with Crippen LogP contribution in [0, 0.1) is 5.82 Å². The summed E-state index contributed by atoms with van der Waals surface area (Å²) < 4.78 is 16.0. The zero-order chi connectivity index (χ0) is 30.2. The number of aromatic nitrogens is 1. The van der Waals surface area contributed by atoms with E-state index in [0.29, 0.717) is 24.2 Å². The number of carboxylic acids is 1. The van der Waals surface area contributed by atoms with Crippen molar-refractivity contribution in [2.75, 3.05) is 0 Å². The molecule has 4 aromatic rings. The number of hydrogen-bond acceptors (Lipinski definition) is 4. The Balaban J connectivity index is 1.85. The molecule has 0 unspecified atom stereocenters. The Morgan fingerprint density at radius 3 is 2.02 bits per heavy atom. The summed E-state index contributed by atoms with van der Waals surface area (Å²) in [5.74, 6) is -1.78. The van der Waals surface area contributed by atoms with E-state index in [9.17, 15) is 24.2 Å². The second kappa shape index (κ2) is 14.1. The normalized spacial score (nSPS) is 12.7. The monoisotopic (exact) mass is 572 g/mol. The fourth-order valence-electron chi connectivity index (χ4n) is 5.37. The summed E-state index contributed by atoms with van der Waals surface area (Å²) >= 11 is 0. The van der Waals surface area contributed by atoms with Crippen molar-refractivity contribution in [1.82, 2.24) is 9.88 Å².